The van der Waals surface area contributed by atoms with E-state index in [1.165, 1.54) is 25.3 Å². The fourth-order valence-corrected chi connectivity index (χ4v) is 4.58. The molecule has 0 saturated carbocycles. The normalized spacial score (nSPS) is 19.3. The summed E-state index contributed by atoms with van der Waals surface area (Å²) in [5, 5.41) is -0.184. The first kappa shape index (κ1) is 28.1. The van der Waals surface area contributed by atoms with Crippen LogP contribution in [0.25, 0.3) is 0 Å². The molecule has 1 aromatic rings. The molecule has 2 saturated heterocycles. The molecule has 2 aliphatic rings. The second-order valence-electron chi connectivity index (χ2n) is 8.00. The molecule has 11 heteroatoms. The summed E-state index contributed by atoms with van der Waals surface area (Å²) in [6.07, 6.45) is 0.924. The lowest BCUT2D eigenvalue weighted by Crippen LogP contribution is -2.52. The minimum Gasteiger partial charge on any atom is -0.397 e. The number of hydrogen-bond donors (Lipinski definition) is 2. The average Bonchev–Trinajstić information content (AvgIpc) is 2.70. The molecule has 5 nitrogen and oxygen atoms in total. The number of carbonyl (C=O) groups excluding carboxylic acids is 1. The highest BCUT2D eigenvalue weighted by Crippen LogP contribution is 2.38. The van der Waals surface area contributed by atoms with E-state index in [9.17, 15) is 18.0 Å². The van der Waals surface area contributed by atoms with E-state index < -0.39 is 23.5 Å². The molecule has 1 aromatic carbocycles. The Hall–Kier alpha value is -0.930. The summed E-state index contributed by atoms with van der Waals surface area (Å²) in [4.78, 5) is 17.0. The number of nitrogen functional groups attached to an aromatic ring is 1. The molecule has 0 aromatic heterocycles. The molecule has 0 radical (unpaired) electrons. The van der Waals surface area contributed by atoms with Crippen molar-refractivity contribution in [3.63, 3.8) is 0 Å². The molecular formula is C20H30Cl3F3N4O. The fraction of sp³-hybridized carbons (Fsp3) is 0.650. The van der Waals surface area contributed by atoms with Gasteiger partial charge in [-0.05, 0) is 62.9 Å². The summed E-state index contributed by atoms with van der Waals surface area (Å²) in [6, 6.07) is 1.86. The van der Waals surface area contributed by atoms with Crippen LogP contribution >= 0.6 is 36.4 Å². The van der Waals surface area contributed by atoms with Crippen molar-refractivity contribution < 1.29 is 18.0 Å². The van der Waals surface area contributed by atoms with Gasteiger partial charge in [-0.25, -0.2) is 0 Å². The Kier molecular flexibility index (Phi) is 10.7. The lowest BCUT2D eigenvalue weighted by atomic mass is 9.98. The third-order valence-corrected chi connectivity index (χ3v) is 6.26. The van der Waals surface area contributed by atoms with E-state index in [-0.39, 0.29) is 47.7 Å². The number of nitrogens with two attached hydrogens (primary N) is 2. The van der Waals surface area contributed by atoms with Gasteiger partial charge in [-0.3, -0.25) is 4.79 Å². The van der Waals surface area contributed by atoms with Crippen molar-refractivity contribution in [1.82, 2.24) is 9.80 Å². The van der Waals surface area contributed by atoms with Gasteiger partial charge in [0.05, 0.1) is 22.3 Å². The molecule has 2 fully saturated rings. The molecule has 0 bridgehead atoms. The molecule has 1 amide bonds. The highest BCUT2D eigenvalue weighted by Gasteiger charge is 2.35. The highest BCUT2D eigenvalue weighted by atomic mass is 35.5. The van der Waals surface area contributed by atoms with Crippen LogP contribution in [0.1, 0.15) is 43.2 Å². The number of anilines is 1. The van der Waals surface area contributed by atoms with Crippen molar-refractivity contribution in [2.45, 2.75) is 56.8 Å². The standard InChI is InChI=1S/C20H28ClF3N4O.2ClH/c21-16-11-13(10-15(18(16)26)20(22,23)24)12-17(25)19(29)28-8-4-14(5-9-28)27-6-2-1-3-7-27;;/h10-11,14,17H,1-9,12,25-26H2;2*1H. The average molecular weight is 506 g/mol. The molecule has 3 rings (SSSR count). The molecule has 1 atom stereocenters. The number of likely N-dealkylation sites (tertiary alicyclic amines) is 2. The zero-order chi connectivity index (χ0) is 21.2. The van der Waals surface area contributed by atoms with Crippen LogP contribution in [0.3, 0.4) is 0 Å². The molecule has 4 N–H and O–H groups in total. The Morgan fingerprint density at radius 1 is 1.10 bits per heavy atom. The smallest absolute Gasteiger partial charge is 0.397 e. The molecule has 0 spiro atoms. The van der Waals surface area contributed by atoms with Gasteiger partial charge in [0.1, 0.15) is 0 Å². The minimum atomic E-state index is -4.62. The van der Waals surface area contributed by atoms with Gasteiger partial charge in [0, 0.05) is 19.1 Å². The summed E-state index contributed by atoms with van der Waals surface area (Å²) < 4.78 is 39.4. The number of nitrogens with zero attached hydrogens (tertiary/aromatic N) is 2. The van der Waals surface area contributed by atoms with Gasteiger partial charge in [-0.2, -0.15) is 13.2 Å². The predicted octanol–water partition coefficient (Wildman–Crippen LogP) is 4.13. The summed E-state index contributed by atoms with van der Waals surface area (Å²) in [7, 11) is 0. The number of rotatable bonds is 4. The van der Waals surface area contributed by atoms with Gasteiger partial charge in [0.2, 0.25) is 5.91 Å². The fourth-order valence-electron chi connectivity index (χ4n) is 4.34. The Bertz CT molecular complexity index is 737. The molecule has 0 aliphatic carbocycles. The molecule has 1 unspecified atom stereocenters. The number of halogens is 6. The largest absolute Gasteiger partial charge is 0.418 e. The van der Waals surface area contributed by atoms with Crippen LogP contribution in [0.5, 0.6) is 0 Å². The number of amides is 1. The van der Waals surface area contributed by atoms with Crippen molar-refractivity contribution >= 4 is 48.0 Å². The molecule has 31 heavy (non-hydrogen) atoms. The zero-order valence-corrected chi connectivity index (χ0v) is 19.6. The van der Waals surface area contributed by atoms with Gasteiger partial charge >= 0.3 is 6.18 Å². The Labute approximate surface area is 198 Å². The van der Waals surface area contributed by atoms with Gasteiger partial charge in [-0.15, -0.1) is 24.8 Å². The number of piperidine rings is 2. The SMILES string of the molecule is Cl.Cl.Nc1c(Cl)cc(CC(N)C(=O)N2CCC(N3CCCCC3)CC2)cc1C(F)(F)F. The zero-order valence-electron chi connectivity index (χ0n) is 17.2. The first-order valence-electron chi connectivity index (χ1n) is 10.1. The summed E-state index contributed by atoms with van der Waals surface area (Å²) in [6.45, 7) is 3.50. The van der Waals surface area contributed by atoms with E-state index in [1.54, 1.807) is 4.90 Å². The number of carbonyl (C=O) groups is 1. The molecule has 2 aliphatic heterocycles. The highest BCUT2D eigenvalue weighted by molar-refractivity contribution is 6.33. The van der Waals surface area contributed by atoms with Crippen molar-refractivity contribution in [3.8, 4) is 0 Å². The second-order valence-corrected chi connectivity index (χ2v) is 8.41. The van der Waals surface area contributed by atoms with Crippen LogP contribution in [-0.4, -0.2) is 54.0 Å². The van der Waals surface area contributed by atoms with E-state index in [1.807, 2.05) is 0 Å². The maximum atomic E-state index is 13.1. The Balaban J connectivity index is 0.00000240. The van der Waals surface area contributed by atoms with E-state index in [2.05, 4.69) is 4.90 Å². The van der Waals surface area contributed by atoms with Gasteiger partial charge in [0.25, 0.3) is 0 Å². The summed E-state index contributed by atoms with van der Waals surface area (Å²) >= 11 is 5.86. The Morgan fingerprint density at radius 3 is 2.23 bits per heavy atom. The third kappa shape index (κ3) is 7.02. The van der Waals surface area contributed by atoms with Crippen LogP contribution in [0, 0.1) is 0 Å². The number of benzene rings is 1. The predicted molar refractivity (Wildman–Crippen MR) is 122 cm³/mol. The van der Waals surface area contributed by atoms with Crippen molar-refractivity contribution in [1.29, 1.82) is 0 Å². The van der Waals surface area contributed by atoms with Crippen LogP contribution < -0.4 is 11.5 Å². The van der Waals surface area contributed by atoms with Crippen LogP contribution in [-0.2, 0) is 17.4 Å². The molecular weight excluding hydrogens is 476 g/mol. The maximum absolute atomic E-state index is 13.1. The van der Waals surface area contributed by atoms with Crippen LogP contribution in [0.4, 0.5) is 18.9 Å². The maximum Gasteiger partial charge on any atom is 0.418 e. The van der Waals surface area contributed by atoms with E-state index in [4.69, 9.17) is 23.1 Å². The van der Waals surface area contributed by atoms with Crippen LogP contribution in [0.2, 0.25) is 5.02 Å². The quantitative estimate of drug-likeness (QED) is 0.603. The van der Waals surface area contributed by atoms with Gasteiger partial charge in [-0.1, -0.05) is 18.0 Å². The van der Waals surface area contributed by atoms with Crippen molar-refractivity contribution in [3.05, 3.63) is 28.3 Å². The number of hydrogen-bond acceptors (Lipinski definition) is 4. The van der Waals surface area contributed by atoms with Crippen LogP contribution in [0.15, 0.2) is 12.1 Å². The summed E-state index contributed by atoms with van der Waals surface area (Å²) in [5.74, 6) is -0.233. The monoisotopic (exact) mass is 504 g/mol. The minimum absolute atomic E-state index is 0. The first-order valence-corrected chi connectivity index (χ1v) is 10.5. The molecule has 2 heterocycles. The lowest BCUT2D eigenvalue weighted by Gasteiger charge is -2.40. The van der Waals surface area contributed by atoms with Crippen molar-refractivity contribution in [2.24, 2.45) is 5.73 Å². The third-order valence-electron chi connectivity index (χ3n) is 5.95. The summed E-state index contributed by atoms with van der Waals surface area (Å²) in [5.41, 5.74) is 10.2. The number of alkyl halides is 3. The topological polar surface area (TPSA) is 75.6 Å². The van der Waals surface area contributed by atoms with Gasteiger partial charge in [0.15, 0.2) is 0 Å². The van der Waals surface area contributed by atoms with E-state index in [0.717, 1.165) is 32.0 Å². The van der Waals surface area contributed by atoms with E-state index in [0.29, 0.717) is 19.1 Å². The first-order chi connectivity index (χ1) is 13.7. The lowest BCUT2D eigenvalue weighted by molar-refractivity contribution is -0.137. The van der Waals surface area contributed by atoms with E-state index >= 15 is 0 Å². The Morgan fingerprint density at radius 2 is 1.68 bits per heavy atom. The second kappa shape index (κ2) is 11.8. The van der Waals surface area contributed by atoms with Gasteiger partial charge < -0.3 is 21.3 Å². The molecule has 178 valence electrons. The van der Waals surface area contributed by atoms with Crippen molar-refractivity contribution in [2.75, 3.05) is 31.9 Å².